The van der Waals surface area contributed by atoms with Gasteiger partial charge in [0.2, 0.25) is 5.91 Å². The summed E-state index contributed by atoms with van der Waals surface area (Å²) in [6.45, 7) is 1.64. The zero-order valence-corrected chi connectivity index (χ0v) is 17.6. The summed E-state index contributed by atoms with van der Waals surface area (Å²) in [6, 6.07) is 9.81. The molecule has 0 spiro atoms. The van der Waals surface area contributed by atoms with E-state index in [4.69, 9.17) is 18.9 Å². The van der Waals surface area contributed by atoms with Crippen LogP contribution in [0.1, 0.15) is 23.7 Å². The minimum absolute atomic E-state index is 0.000554. The molecule has 0 aliphatic carbocycles. The van der Waals surface area contributed by atoms with E-state index in [1.807, 2.05) is 0 Å². The molecule has 2 N–H and O–H groups in total. The van der Waals surface area contributed by atoms with Crippen LogP contribution in [0.4, 0.5) is 5.69 Å². The second-order valence-electron chi connectivity index (χ2n) is 6.15. The van der Waals surface area contributed by atoms with Gasteiger partial charge in [0.25, 0.3) is 5.91 Å². The van der Waals surface area contributed by atoms with Crippen LogP contribution in [0.5, 0.6) is 23.0 Å². The predicted octanol–water partition coefficient (Wildman–Crippen LogP) is 2.86. The number of rotatable bonds is 9. The summed E-state index contributed by atoms with van der Waals surface area (Å²) >= 11 is 0. The van der Waals surface area contributed by atoms with E-state index in [0.717, 1.165) is 0 Å². The second kappa shape index (κ2) is 10.7. The standard InChI is InChI=1S/C21H25N3O6/c1-13(10-20(25)22-15-7-9-17(28-3)19(12-15)30-5)23-24-21(26)14-6-8-16(27-2)18(11-14)29-4/h6-9,11-12H,10H2,1-5H3,(H,22,25)(H,24,26). The van der Waals surface area contributed by atoms with Gasteiger partial charge in [-0.15, -0.1) is 0 Å². The molecule has 2 aromatic carbocycles. The van der Waals surface area contributed by atoms with Crippen LogP contribution >= 0.6 is 0 Å². The molecule has 0 bridgehead atoms. The third-order valence-corrected chi connectivity index (χ3v) is 4.08. The molecule has 9 heteroatoms. The topological polar surface area (TPSA) is 107 Å². The fourth-order valence-corrected chi connectivity index (χ4v) is 2.58. The third-order valence-electron chi connectivity index (χ3n) is 4.08. The second-order valence-corrected chi connectivity index (χ2v) is 6.15. The van der Waals surface area contributed by atoms with E-state index in [1.165, 1.54) is 28.4 Å². The van der Waals surface area contributed by atoms with Crippen LogP contribution in [-0.2, 0) is 4.79 Å². The Morgan fingerprint density at radius 1 is 0.833 bits per heavy atom. The number of carbonyl (C=O) groups excluding carboxylic acids is 2. The van der Waals surface area contributed by atoms with E-state index in [-0.39, 0.29) is 12.3 Å². The zero-order valence-electron chi connectivity index (χ0n) is 17.6. The Morgan fingerprint density at radius 2 is 1.40 bits per heavy atom. The van der Waals surface area contributed by atoms with E-state index in [2.05, 4.69) is 15.8 Å². The molecule has 0 radical (unpaired) electrons. The fraction of sp³-hybridized carbons (Fsp3) is 0.286. The molecular formula is C21H25N3O6. The molecule has 2 rings (SSSR count). The first-order valence-electron chi connectivity index (χ1n) is 8.99. The molecule has 30 heavy (non-hydrogen) atoms. The number of nitrogens with one attached hydrogen (secondary N) is 2. The molecule has 0 atom stereocenters. The monoisotopic (exact) mass is 415 g/mol. The summed E-state index contributed by atoms with van der Waals surface area (Å²) in [5.74, 6) is 1.29. The van der Waals surface area contributed by atoms with E-state index >= 15 is 0 Å². The quantitative estimate of drug-likeness (QED) is 0.482. The van der Waals surface area contributed by atoms with Crippen molar-refractivity contribution >= 4 is 23.2 Å². The molecule has 0 aliphatic rings. The summed E-state index contributed by atoms with van der Waals surface area (Å²) in [5, 5.41) is 6.73. The highest BCUT2D eigenvalue weighted by Crippen LogP contribution is 2.30. The molecule has 2 amide bonds. The Balaban J connectivity index is 1.96. The Bertz CT molecular complexity index is 942. The van der Waals surface area contributed by atoms with Gasteiger partial charge in [0.05, 0.1) is 34.9 Å². The maximum Gasteiger partial charge on any atom is 0.271 e. The van der Waals surface area contributed by atoms with Gasteiger partial charge >= 0.3 is 0 Å². The summed E-state index contributed by atoms with van der Waals surface area (Å²) in [7, 11) is 6.05. The van der Waals surface area contributed by atoms with Crippen molar-refractivity contribution in [2.24, 2.45) is 5.10 Å². The number of methoxy groups -OCH3 is 4. The lowest BCUT2D eigenvalue weighted by molar-refractivity contribution is -0.115. The van der Waals surface area contributed by atoms with Crippen LogP contribution in [0.15, 0.2) is 41.5 Å². The van der Waals surface area contributed by atoms with E-state index in [1.54, 1.807) is 43.3 Å². The Labute approximate surface area is 175 Å². The van der Waals surface area contributed by atoms with Gasteiger partial charge in [0, 0.05) is 23.0 Å². The lowest BCUT2D eigenvalue weighted by Crippen LogP contribution is -2.21. The van der Waals surface area contributed by atoms with Crippen molar-refractivity contribution in [1.29, 1.82) is 0 Å². The highest BCUT2D eigenvalue weighted by atomic mass is 16.5. The van der Waals surface area contributed by atoms with Gasteiger partial charge < -0.3 is 24.3 Å². The zero-order chi connectivity index (χ0) is 22.1. The number of hydrazone groups is 1. The fourth-order valence-electron chi connectivity index (χ4n) is 2.58. The molecule has 0 fully saturated rings. The van der Waals surface area contributed by atoms with E-state index < -0.39 is 5.91 Å². The molecule has 0 saturated heterocycles. The lowest BCUT2D eigenvalue weighted by atomic mass is 10.2. The van der Waals surface area contributed by atoms with Crippen LogP contribution in [-0.4, -0.2) is 46.0 Å². The Hall–Kier alpha value is -3.75. The number of carbonyl (C=O) groups is 2. The van der Waals surface area contributed by atoms with Crippen molar-refractivity contribution in [1.82, 2.24) is 5.43 Å². The smallest absolute Gasteiger partial charge is 0.271 e. The van der Waals surface area contributed by atoms with Gasteiger partial charge in [-0.25, -0.2) is 5.43 Å². The number of nitrogens with zero attached hydrogens (tertiary/aromatic N) is 1. The van der Waals surface area contributed by atoms with Gasteiger partial charge in [-0.3, -0.25) is 9.59 Å². The van der Waals surface area contributed by atoms with Gasteiger partial charge in [-0.05, 0) is 37.3 Å². The van der Waals surface area contributed by atoms with Crippen molar-refractivity contribution in [3.63, 3.8) is 0 Å². The average Bonchev–Trinajstić information content (AvgIpc) is 2.76. The Kier molecular flexibility index (Phi) is 8.04. The minimum Gasteiger partial charge on any atom is -0.493 e. The molecule has 0 saturated carbocycles. The first-order valence-corrected chi connectivity index (χ1v) is 8.99. The molecule has 0 aliphatic heterocycles. The predicted molar refractivity (Wildman–Crippen MR) is 113 cm³/mol. The van der Waals surface area contributed by atoms with Crippen molar-refractivity contribution in [3.05, 3.63) is 42.0 Å². The highest BCUT2D eigenvalue weighted by Gasteiger charge is 2.12. The van der Waals surface area contributed by atoms with Crippen LogP contribution in [0, 0.1) is 0 Å². The molecule has 2 aromatic rings. The number of hydrogen-bond donors (Lipinski definition) is 2. The molecule has 0 heterocycles. The van der Waals surface area contributed by atoms with Crippen LogP contribution in [0.3, 0.4) is 0 Å². The number of benzene rings is 2. The molecule has 160 valence electrons. The van der Waals surface area contributed by atoms with Crippen LogP contribution < -0.4 is 29.7 Å². The van der Waals surface area contributed by atoms with E-state index in [9.17, 15) is 9.59 Å². The minimum atomic E-state index is -0.435. The lowest BCUT2D eigenvalue weighted by Gasteiger charge is -2.11. The SMILES string of the molecule is COc1ccc(NC(=O)CC(C)=NNC(=O)c2ccc(OC)c(OC)c2)cc1OC. The van der Waals surface area contributed by atoms with Gasteiger partial charge in [0.1, 0.15) is 0 Å². The summed E-state index contributed by atoms with van der Waals surface area (Å²) < 4.78 is 20.7. The van der Waals surface area contributed by atoms with Gasteiger partial charge in [-0.2, -0.15) is 5.10 Å². The van der Waals surface area contributed by atoms with Gasteiger partial charge in [-0.1, -0.05) is 0 Å². The molecule has 9 nitrogen and oxygen atoms in total. The Morgan fingerprint density at radius 3 is 2.00 bits per heavy atom. The number of amides is 2. The van der Waals surface area contributed by atoms with Crippen molar-refractivity contribution in [2.45, 2.75) is 13.3 Å². The first-order chi connectivity index (χ1) is 14.4. The average molecular weight is 415 g/mol. The van der Waals surface area contributed by atoms with Crippen molar-refractivity contribution in [3.8, 4) is 23.0 Å². The first kappa shape index (κ1) is 22.5. The summed E-state index contributed by atoms with van der Waals surface area (Å²) in [6.07, 6.45) is 0.000554. The molecular weight excluding hydrogens is 390 g/mol. The van der Waals surface area contributed by atoms with E-state index in [0.29, 0.717) is 40.0 Å². The number of hydrogen-bond acceptors (Lipinski definition) is 7. The number of ether oxygens (including phenoxy) is 4. The highest BCUT2D eigenvalue weighted by molar-refractivity contribution is 6.06. The largest absolute Gasteiger partial charge is 0.493 e. The van der Waals surface area contributed by atoms with Crippen LogP contribution in [0.25, 0.3) is 0 Å². The maximum atomic E-state index is 12.3. The van der Waals surface area contributed by atoms with Crippen LogP contribution in [0.2, 0.25) is 0 Å². The normalized spacial score (nSPS) is 10.8. The van der Waals surface area contributed by atoms with Crippen molar-refractivity contribution < 1.29 is 28.5 Å². The summed E-state index contributed by atoms with van der Waals surface area (Å²) in [5.41, 5.74) is 3.76. The van der Waals surface area contributed by atoms with Gasteiger partial charge in [0.15, 0.2) is 23.0 Å². The number of anilines is 1. The maximum absolute atomic E-state index is 12.3. The van der Waals surface area contributed by atoms with Crippen molar-refractivity contribution in [2.75, 3.05) is 33.8 Å². The summed E-state index contributed by atoms with van der Waals surface area (Å²) in [4.78, 5) is 24.5. The molecule has 0 aromatic heterocycles. The molecule has 0 unspecified atom stereocenters. The third kappa shape index (κ3) is 5.87.